The molecule has 5 aliphatic rings. The molecular weight excluding hydrogens is 881 g/mol. The minimum Gasteiger partial charge on any atom is -0.449 e. The van der Waals surface area contributed by atoms with Gasteiger partial charge in [0.15, 0.2) is 0 Å². The van der Waals surface area contributed by atoms with Gasteiger partial charge < -0.3 is 40.2 Å². The highest BCUT2D eigenvalue weighted by molar-refractivity contribution is 5.69. The summed E-state index contributed by atoms with van der Waals surface area (Å²) in [5, 5.41) is 12.6. The Bertz CT molecular complexity index is 1580. The zero-order valence-electron chi connectivity index (χ0n) is 44.6. The minimum atomic E-state index is -0.676. The van der Waals surface area contributed by atoms with E-state index in [1.807, 2.05) is 13.8 Å². The fourth-order valence-corrected chi connectivity index (χ4v) is 12.0. The molecule has 5 saturated carbocycles. The van der Waals surface area contributed by atoms with Crippen molar-refractivity contribution in [2.45, 2.75) is 244 Å². The molecule has 12 nitrogen and oxygen atoms in total. The van der Waals surface area contributed by atoms with Gasteiger partial charge in [0, 0.05) is 24.2 Å². The first-order chi connectivity index (χ1) is 33.5. The lowest BCUT2D eigenvalue weighted by molar-refractivity contribution is 0.0493. The van der Waals surface area contributed by atoms with E-state index in [9.17, 15) is 19.2 Å². The maximum Gasteiger partial charge on any atom is 0.408 e. The highest BCUT2D eigenvalue weighted by Crippen LogP contribution is 2.38. The third kappa shape index (κ3) is 21.0. The lowest BCUT2D eigenvalue weighted by Crippen LogP contribution is -2.42. The van der Waals surface area contributed by atoms with Crippen LogP contribution in [0.2, 0.25) is 0 Å². The standard InChI is InChI=1S/C58H96N4O8/c1-9-57(7,35-11-13-41(3)4)69-55(65)61-51-31-23-45(24-32-51)37-43-19-27-49(28-20-43)59-53(63)67-39-47-15-17-48(18-16-47)40-68-54(64)60-50-29-21-44(22-30-50)38-46-25-33-52(34-26-46)62-56(66)70-58(8,10-2)36-12-14-42(5)6/h9-10,13-14,43-52H,1-2,11-12,15-40H2,3-8H3,(H,59,63)(H,60,64)(H,61,65)(H,62,66). The van der Waals surface area contributed by atoms with E-state index in [4.69, 9.17) is 18.9 Å². The fourth-order valence-electron chi connectivity index (χ4n) is 12.0. The van der Waals surface area contributed by atoms with Gasteiger partial charge in [0.2, 0.25) is 0 Å². The van der Waals surface area contributed by atoms with Crippen LogP contribution in [0, 0.1) is 35.5 Å². The highest BCUT2D eigenvalue weighted by atomic mass is 16.6. The number of hydrogen-bond donors (Lipinski definition) is 4. The normalized spacial score (nSPS) is 29.7. The van der Waals surface area contributed by atoms with Gasteiger partial charge in [-0.2, -0.15) is 0 Å². The van der Waals surface area contributed by atoms with E-state index in [-0.39, 0.29) is 48.5 Å². The van der Waals surface area contributed by atoms with Crippen LogP contribution in [0.3, 0.4) is 0 Å². The first kappa shape index (κ1) is 56.9. The van der Waals surface area contributed by atoms with Gasteiger partial charge in [0.1, 0.15) is 11.2 Å². The van der Waals surface area contributed by atoms with Gasteiger partial charge in [0.05, 0.1) is 13.2 Å². The monoisotopic (exact) mass is 977 g/mol. The molecule has 5 fully saturated rings. The van der Waals surface area contributed by atoms with Gasteiger partial charge in [-0.15, -0.1) is 0 Å². The third-order valence-electron chi connectivity index (χ3n) is 16.8. The smallest absolute Gasteiger partial charge is 0.408 e. The number of ether oxygens (including phenoxy) is 4. The molecule has 4 N–H and O–H groups in total. The molecule has 396 valence electrons. The molecule has 4 amide bonds. The van der Waals surface area contributed by atoms with Crippen LogP contribution in [0.1, 0.15) is 208 Å². The summed E-state index contributed by atoms with van der Waals surface area (Å²) in [6.45, 7) is 20.9. The van der Waals surface area contributed by atoms with E-state index in [0.717, 1.165) is 141 Å². The molecule has 12 heteroatoms. The molecule has 2 atom stereocenters. The average molecular weight is 977 g/mol. The molecular formula is C58H96N4O8. The lowest BCUT2D eigenvalue weighted by Gasteiger charge is -2.35. The zero-order valence-corrected chi connectivity index (χ0v) is 44.6. The average Bonchev–Trinajstić information content (AvgIpc) is 3.32. The number of rotatable bonds is 22. The van der Waals surface area contributed by atoms with Gasteiger partial charge in [-0.05, 0) is 256 Å². The summed E-state index contributed by atoms with van der Waals surface area (Å²) in [5.41, 5.74) is 1.16. The maximum atomic E-state index is 12.8. The van der Waals surface area contributed by atoms with Gasteiger partial charge >= 0.3 is 24.4 Å². The van der Waals surface area contributed by atoms with Crippen molar-refractivity contribution in [1.82, 2.24) is 21.3 Å². The van der Waals surface area contributed by atoms with E-state index >= 15 is 0 Å². The summed E-state index contributed by atoms with van der Waals surface area (Å²) in [6, 6.07) is 0.675. The molecule has 0 heterocycles. The van der Waals surface area contributed by atoms with E-state index in [2.05, 4.69) is 74.3 Å². The Balaban J connectivity index is 0.839. The van der Waals surface area contributed by atoms with Crippen molar-refractivity contribution in [3.05, 3.63) is 48.6 Å². The quantitative estimate of drug-likeness (QED) is 0.0618. The van der Waals surface area contributed by atoms with Crippen molar-refractivity contribution in [3.63, 3.8) is 0 Å². The van der Waals surface area contributed by atoms with Crippen LogP contribution in [0.5, 0.6) is 0 Å². The Kier molecular flexibility index (Phi) is 23.5. The lowest BCUT2D eigenvalue weighted by atomic mass is 9.76. The van der Waals surface area contributed by atoms with E-state index in [1.165, 1.54) is 24.0 Å². The Hall–Kier alpha value is -3.96. The first-order valence-electron chi connectivity index (χ1n) is 27.9. The van der Waals surface area contributed by atoms with Crippen molar-refractivity contribution >= 4 is 24.4 Å². The van der Waals surface area contributed by atoms with Crippen LogP contribution in [-0.4, -0.2) is 73.0 Å². The summed E-state index contributed by atoms with van der Waals surface area (Å²) in [4.78, 5) is 51.1. The van der Waals surface area contributed by atoms with Gasteiger partial charge in [-0.1, -0.05) is 36.5 Å². The van der Waals surface area contributed by atoms with Crippen LogP contribution < -0.4 is 21.3 Å². The van der Waals surface area contributed by atoms with Crippen molar-refractivity contribution < 1.29 is 38.1 Å². The molecule has 0 aromatic rings. The summed E-state index contributed by atoms with van der Waals surface area (Å²) in [7, 11) is 0. The second-order valence-electron chi connectivity index (χ2n) is 23.5. The Labute approximate surface area is 423 Å². The third-order valence-corrected chi connectivity index (χ3v) is 16.8. The molecule has 0 aromatic carbocycles. The molecule has 0 bridgehead atoms. The molecule has 0 saturated heterocycles. The molecule has 0 aliphatic heterocycles. The Morgan fingerprint density at radius 1 is 0.429 bits per heavy atom. The van der Waals surface area contributed by atoms with Crippen molar-refractivity contribution in [2.24, 2.45) is 35.5 Å². The van der Waals surface area contributed by atoms with Crippen LogP contribution in [0.25, 0.3) is 0 Å². The predicted octanol–water partition coefficient (Wildman–Crippen LogP) is 14.1. The topological polar surface area (TPSA) is 153 Å². The Morgan fingerprint density at radius 3 is 0.943 bits per heavy atom. The van der Waals surface area contributed by atoms with Crippen LogP contribution >= 0.6 is 0 Å². The van der Waals surface area contributed by atoms with E-state index in [0.29, 0.717) is 61.6 Å². The molecule has 5 aliphatic carbocycles. The molecule has 2 unspecified atom stereocenters. The summed E-state index contributed by atoms with van der Waals surface area (Å²) in [6.07, 6.45) is 33.0. The molecule has 70 heavy (non-hydrogen) atoms. The maximum absolute atomic E-state index is 12.8. The number of hydrogen-bond acceptors (Lipinski definition) is 8. The summed E-state index contributed by atoms with van der Waals surface area (Å²) < 4.78 is 23.1. The van der Waals surface area contributed by atoms with Gasteiger partial charge in [-0.3, -0.25) is 0 Å². The number of allylic oxidation sites excluding steroid dienone is 4. The molecule has 5 rings (SSSR count). The number of alkyl carbamates (subject to hydrolysis) is 4. The number of amides is 4. The Morgan fingerprint density at radius 2 is 0.686 bits per heavy atom. The van der Waals surface area contributed by atoms with Crippen molar-refractivity contribution in [1.29, 1.82) is 0 Å². The van der Waals surface area contributed by atoms with Gasteiger partial charge in [-0.25, -0.2) is 19.2 Å². The number of nitrogens with one attached hydrogen (secondary N) is 4. The second-order valence-corrected chi connectivity index (χ2v) is 23.5. The molecule has 0 spiro atoms. The predicted molar refractivity (Wildman–Crippen MR) is 280 cm³/mol. The minimum absolute atomic E-state index is 0.162. The van der Waals surface area contributed by atoms with Crippen LogP contribution in [-0.2, 0) is 18.9 Å². The van der Waals surface area contributed by atoms with Crippen LogP contribution in [0.4, 0.5) is 19.2 Å². The summed E-state index contributed by atoms with van der Waals surface area (Å²) in [5.74, 6) is 3.45. The largest absolute Gasteiger partial charge is 0.449 e. The van der Waals surface area contributed by atoms with E-state index < -0.39 is 11.2 Å². The fraction of sp³-hybridized carbons (Fsp3) is 0.793. The summed E-state index contributed by atoms with van der Waals surface area (Å²) >= 11 is 0. The van der Waals surface area contributed by atoms with Crippen LogP contribution in [0.15, 0.2) is 48.6 Å². The number of carbonyl (C=O) groups excluding carboxylic acids is 4. The van der Waals surface area contributed by atoms with Gasteiger partial charge in [0.25, 0.3) is 0 Å². The van der Waals surface area contributed by atoms with E-state index in [1.54, 1.807) is 12.2 Å². The first-order valence-corrected chi connectivity index (χ1v) is 27.9. The molecule has 0 radical (unpaired) electrons. The SMILES string of the molecule is C=CC(C)(CCC=C(C)C)OC(=O)NC1CCC(CC2CCC(NC(=O)OCC3CCC(COC(=O)NC4CCC(CC5CCC(NC(=O)OC(C)(C=C)CCC=C(C)C)CC5)CC4)CC3)CC2)CC1. The zero-order chi connectivity index (χ0) is 50.5. The second kappa shape index (κ2) is 28.9. The highest BCUT2D eigenvalue weighted by Gasteiger charge is 2.33. The van der Waals surface area contributed by atoms with Crippen molar-refractivity contribution in [2.75, 3.05) is 13.2 Å². The number of carbonyl (C=O) groups is 4. The molecule has 0 aromatic heterocycles. The van der Waals surface area contributed by atoms with Crippen molar-refractivity contribution in [3.8, 4) is 0 Å².